The predicted molar refractivity (Wildman–Crippen MR) is 263 cm³/mol. The van der Waals surface area contributed by atoms with E-state index in [0.717, 1.165) is 91.0 Å². The highest BCUT2D eigenvalue weighted by Gasteiger charge is 2.72. The second kappa shape index (κ2) is 18.3. The Kier molecular flexibility index (Phi) is 11.9. The van der Waals surface area contributed by atoms with Gasteiger partial charge in [-0.15, -0.1) is 0 Å². The van der Waals surface area contributed by atoms with Crippen molar-refractivity contribution in [2.24, 2.45) is 0 Å². The fraction of sp³-hybridized carbons (Fsp3) is 0.182. The fourth-order valence-electron chi connectivity index (χ4n) is 9.97. The maximum atomic E-state index is 14.1. The Hall–Kier alpha value is -10.4. The number of benzene rings is 6. The van der Waals surface area contributed by atoms with Gasteiger partial charge in [0.05, 0.1) is 6.10 Å². The lowest BCUT2D eigenvalue weighted by Gasteiger charge is -2.50. The van der Waals surface area contributed by atoms with Crippen LogP contribution in [0.4, 0.5) is 0 Å². The number of carboxylic acid groups (broad SMARTS) is 1. The average Bonchev–Trinajstić information content (AvgIpc) is 3.04. The molecule has 6 aromatic carbocycles. The number of aliphatic hydroxyl groups is 4. The average molecular weight is 1120 g/mol. The zero-order valence-corrected chi connectivity index (χ0v) is 40.8. The molecule has 8 atom stereocenters. The van der Waals surface area contributed by atoms with Crippen molar-refractivity contribution in [2.45, 2.75) is 59.9 Å². The summed E-state index contributed by atoms with van der Waals surface area (Å²) in [5, 5.41) is 139. The van der Waals surface area contributed by atoms with E-state index in [-0.39, 0.29) is 45.3 Å². The van der Waals surface area contributed by atoms with Crippen LogP contribution in [0.25, 0.3) is 12.2 Å². The van der Waals surface area contributed by atoms with E-state index < -0.39 is 158 Å². The lowest BCUT2D eigenvalue weighted by molar-refractivity contribution is -0.316. The molecule has 81 heavy (non-hydrogen) atoms. The van der Waals surface area contributed by atoms with Crippen LogP contribution in [0.15, 0.2) is 109 Å². The van der Waals surface area contributed by atoms with Crippen molar-refractivity contribution in [2.75, 3.05) is 0 Å². The molecule has 4 unspecified atom stereocenters. The number of carboxylic acids is 1. The molecule has 0 spiro atoms. The van der Waals surface area contributed by atoms with E-state index >= 15 is 0 Å². The Morgan fingerprint density at radius 1 is 0.494 bits per heavy atom. The number of aromatic hydroxyl groups is 8. The van der Waals surface area contributed by atoms with Gasteiger partial charge in [-0.1, -0.05) is 12.1 Å². The van der Waals surface area contributed by atoms with E-state index in [1.54, 1.807) is 0 Å². The Bertz CT molecular complexity index is 3800. The second-order valence-corrected chi connectivity index (χ2v) is 19.1. The first-order valence-corrected chi connectivity index (χ1v) is 23.8. The van der Waals surface area contributed by atoms with E-state index in [1.165, 1.54) is 30.3 Å². The van der Waals surface area contributed by atoms with E-state index in [0.29, 0.717) is 0 Å². The molecule has 6 aromatic rings. The summed E-state index contributed by atoms with van der Waals surface area (Å²) < 4.78 is 46.7. The van der Waals surface area contributed by atoms with E-state index in [4.69, 9.17) is 37.9 Å². The molecule has 1 aliphatic carbocycles. The highest BCUT2D eigenvalue weighted by Crippen LogP contribution is 2.58. The number of ether oxygens (including phenoxy) is 8. The number of carbonyl (C=O) groups excluding carboxylic acids is 4. The minimum absolute atomic E-state index is 0.0641. The smallest absolute Gasteiger partial charge is 0.357 e. The van der Waals surface area contributed by atoms with Crippen LogP contribution in [0.2, 0.25) is 0 Å². The summed E-state index contributed by atoms with van der Waals surface area (Å²) in [6.45, 7) is 0. The summed E-state index contributed by atoms with van der Waals surface area (Å²) in [6, 6.07) is 16.9. The molecule has 0 aromatic heterocycles. The monoisotopic (exact) mass is 1120 g/mol. The predicted octanol–water partition coefficient (Wildman–Crippen LogP) is 3.03. The minimum atomic E-state index is -3.22. The number of hydrogen-bond donors (Lipinski definition) is 13. The standard InChI is InChI=1S/C55H40O26/c56-27-18-34(63)46-40(19-27)79-54(25-5-7-29(58)31(60)15-25)53(73,49(46)69)76-38-13-24(2-10-37(38)77-54)4-12-44(66)81-51(50(70)71)21-35(64)47(67)42(22-51)74-43(65)11-3-23-1-9-36-39(14-23)78-55(26-6-8-30(59)32(61)16-26)52(72,75-36)48(68)45-33(62)17-28(57)20-41(45)80-55/h1-20,35,42,47,56-64,67,72-73H,21-22H2,(H,70,71)/b11-3+,12-4+/t35-,42-,47+,51-,52?,53?,54?,55?/m1/s1. The normalized spacial score (nSPS) is 26.7. The van der Waals surface area contributed by atoms with Crippen LogP contribution >= 0.6 is 0 Å². The van der Waals surface area contributed by atoms with E-state index in [2.05, 4.69) is 0 Å². The molecule has 1 fully saturated rings. The third-order valence-electron chi connectivity index (χ3n) is 13.9. The van der Waals surface area contributed by atoms with Crippen LogP contribution in [0, 0.1) is 0 Å². The Morgan fingerprint density at radius 3 is 1.43 bits per heavy atom. The number of hydrogen-bond acceptors (Lipinski definition) is 25. The number of aliphatic hydroxyl groups excluding tert-OH is 2. The van der Waals surface area contributed by atoms with Crippen molar-refractivity contribution in [3.8, 4) is 80.5 Å². The lowest BCUT2D eigenvalue weighted by Crippen LogP contribution is -2.70. The molecule has 26 nitrogen and oxygen atoms in total. The number of phenolic OH excluding ortho intramolecular Hbond substituents is 8. The van der Waals surface area contributed by atoms with Crippen molar-refractivity contribution in [1.82, 2.24) is 0 Å². The SMILES string of the molecule is O=C(/C=C/c1ccc2c(c1)OC1(c3ccc(O)c(O)c3)Oc3cc(O)cc(O)c3C(=O)C1(O)O2)O[C@@H]1C[C@@](OC(=O)/C=C/c2ccc3c(c2)OC2(O)C(=O)c4c(O)cc(O)cc4OC2(c2ccc(O)c(O)c2)O3)(C(=O)O)C[C@@H](O)[C@@H]1O. The van der Waals surface area contributed by atoms with E-state index in [9.17, 15) is 90.4 Å². The number of phenols is 8. The molecule has 11 rings (SSSR count). The Morgan fingerprint density at radius 2 is 0.938 bits per heavy atom. The van der Waals surface area contributed by atoms with Crippen molar-refractivity contribution < 1.29 is 128 Å². The van der Waals surface area contributed by atoms with Gasteiger partial charge in [0.15, 0.2) is 46.0 Å². The zero-order chi connectivity index (χ0) is 57.9. The summed E-state index contributed by atoms with van der Waals surface area (Å²) >= 11 is 0. The van der Waals surface area contributed by atoms with Crippen LogP contribution < -0.4 is 28.4 Å². The maximum Gasteiger partial charge on any atom is 0.357 e. The molecule has 26 heteroatoms. The summed E-state index contributed by atoms with van der Waals surface area (Å²) in [6.07, 6.45) is -3.67. The van der Waals surface area contributed by atoms with Gasteiger partial charge in [0.1, 0.15) is 57.8 Å². The number of Topliss-reactive ketones (excluding diaryl/α,β-unsaturated/α-hetero) is 2. The third kappa shape index (κ3) is 8.23. The lowest BCUT2D eigenvalue weighted by atomic mass is 9.79. The van der Waals surface area contributed by atoms with Gasteiger partial charge in [0, 0.05) is 60.4 Å². The van der Waals surface area contributed by atoms with Crippen LogP contribution in [0.5, 0.6) is 80.5 Å². The highest BCUT2D eigenvalue weighted by molar-refractivity contribution is 6.09. The molecule has 0 saturated heterocycles. The summed E-state index contributed by atoms with van der Waals surface area (Å²) in [7, 11) is 0. The number of ketones is 2. The minimum Gasteiger partial charge on any atom is -0.508 e. The van der Waals surface area contributed by atoms with Gasteiger partial charge >= 0.3 is 41.1 Å². The number of carbonyl (C=O) groups is 5. The molecular formula is C55H40O26. The maximum absolute atomic E-state index is 14.1. The number of aliphatic carboxylic acids is 1. The topological polar surface area (TPSA) is 422 Å². The first-order valence-electron chi connectivity index (χ1n) is 23.8. The Balaban J connectivity index is 0.805. The van der Waals surface area contributed by atoms with Crippen LogP contribution in [-0.4, -0.2) is 131 Å². The van der Waals surface area contributed by atoms with Gasteiger partial charge in [-0.25, -0.2) is 14.4 Å². The Labute approximate surface area is 451 Å². The zero-order valence-electron chi connectivity index (χ0n) is 40.8. The molecule has 13 N–H and O–H groups in total. The van der Waals surface area contributed by atoms with Gasteiger partial charge < -0.3 is 104 Å². The summed E-state index contributed by atoms with van der Waals surface area (Å²) in [4.78, 5) is 67.7. The van der Waals surface area contributed by atoms with Crippen molar-refractivity contribution in [3.63, 3.8) is 0 Å². The quantitative estimate of drug-likeness (QED) is 0.0562. The van der Waals surface area contributed by atoms with Gasteiger partial charge in [-0.2, -0.15) is 0 Å². The van der Waals surface area contributed by atoms with Crippen molar-refractivity contribution in [3.05, 3.63) is 143 Å². The van der Waals surface area contributed by atoms with Gasteiger partial charge in [0.25, 0.3) is 11.6 Å². The van der Waals surface area contributed by atoms with E-state index in [1.807, 2.05) is 0 Å². The molecule has 4 heterocycles. The first kappa shape index (κ1) is 52.6. The molecule has 0 radical (unpaired) electrons. The molecule has 0 amide bonds. The number of esters is 2. The highest BCUT2D eigenvalue weighted by atomic mass is 16.8. The third-order valence-corrected chi connectivity index (χ3v) is 13.9. The van der Waals surface area contributed by atoms with Crippen LogP contribution in [0.3, 0.4) is 0 Å². The van der Waals surface area contributed by atoms with Crippen LogP contribution in [0.1, 0.15) is 55.8 Å². The molecule has 416 valence electrons. The van der Waals surface area contributed by atoms with Gasteiger partial charge in [0.2, 0.25) is 5.60 Å². The fourth-order valence-corrected chi connectivity index (χ4v) is 9.97. The van der Waals surface area contributed by atoms with Gasteiger partial charge in [-0.05, 0) is 83.9 Å². The van der Waals surface area contributed by atoms with Gasteiger partial charge in [-0.3, -0.25) is 9.59 Å². The summed E-state index contributed by atoms with van der Waals surface area (Å²) in [5.41, 5.74) is -4.29. The summed E-state index contributed by atoms with van der Waals surface area (Å²) in [5.74, 6) is -26.4. The van der Waals surface area contributed by atoms with Crippen LogP contribution in [-0.2, 0) is 35.4 Å². The number of fused-ring (bicyclic) bond motifs is 6. The molecular weight excluding hydrogens is 1080 g/mol. The molecule has 0 bridgehead atoms. The first-order chi connectivity index (χ1) is 38.3. The second-order valence-electron chi connectivity index (χ2n) is 19.1. The van der Waals surface area contributed by atoms with Crippen molar-refractivity contribution >= 4 is 41.6 Å². The molecule has 1 saturated carbocycles. The largest absolute Gasteiger partial charge is 0.508 e. The molecule has 4 aliphatic heterocycles. The van der Waals surface area contributed by atoms with Crippen molar-refractivity contribution in [1.29, 1.82) is 0 Å². The molecule has 5 aliphatic rings. The number of rotatable bonds is 9.